The van der Waals surface area contributed by atoms with Gasteiger partial charge in [-0.3, -0.25) is 4.68 Å². The molecular weight excluding hydrogens is 414 g/mol. The van der Waals surface area contributed by atoms with Gasteiger partial charge in [-0.2, -0.15) is 16.9 Å². The van der Waals surface area contributed by atoms with E-state index in [9.17, 15) is 14.7 Å². The van der Waals surface area contributed by atoms with E-state index >= 15 is 0 Å². The van der Waals surface area contributed by atoms with Crippen molar-refractivity contribution >= 4 is 23.8 Å². The number of fused-ring (bicyclic) bond motifs is 3. The number of carboxylic acids is 1. The van der Waals surface area contributed by atoms with Gasteiger partial charge in [0.1, 0.15) is 12.6 Å². The van der Waals surface area contributed by atoms with Crippen LogP contribution in [0.3, 0.4) is 0 Å². The summed E-state index contributed by atoms with van der Waals surface area (Å²) >= 11 is 1.40. The Morgan fingerprint density at radius 1 is 1.13 bits per heavy atom. The number of aliphatic carboxylic acids is 1. The van der Waals surface area contributed by atoms with E-state index < -0.39 is 18.1 Å². The molecule has 2 aromatic carbocycles. The third kappa shape index (κ3) is 4.74. The minimum Gasteiger partial charge on any atom is -0.480 e. The van der Waals surface area contributed by atoms with Gasteiger partial charge in [0.15, 0.2) is 0 Å². The number of benzene rings is 2. The van der Waals surface area contributed by atoms with Crippen molar-refractivity contribution in [1.82, 2.24) is 15.1 Å². The van der Waals surface area contributed by atoms with Crippen molar-refractivity contribution in [3.05, 3.63) is 77.6 Å². The zero-order valence-electron chi connectivity index (χ0n) is 17.0. The molecule has 0 aliphatic heterocycles. The second-order valence-electron chi connectivity index (χ2n) is 7.36. The quantitative estimate of drug-likeness (QED) is 0.559. The van der Waals surface area contributed by atoms with Crippen molar-refractivity contribution in [3.63, 3.8) is 0 Å². The number of nitrogens with one attached hydrogen (secondary N) is 1. The van der Waals surface area contributed by atoms with Gasteiger partial charge in [0.25, 0.3) is 0 Å². The van der Waals surface area contributed by atoms with Crippen LogP contribution in [0.25, 0.3) is 11.1 Å². The van der Waals surface area contributed by atoms with Crippen LogP contribution >= 0.6 is 11.8 Å². The molecule has 0 saturated heterocycles. The van der Waals surface area contributed by atoms with Gasteiger partial charge in [0, 0.05) is 30.7 Å². The first-order valence-electron chi connectivity index (χ1n) is 9.93. The first-order valence-corrected chi connectivity index (χ1v) is 11.1. The number of alkyl carbamates (subject to hydrolysis) is 1. The van der Waals surface area contributed by atoms with Gasteiger partial charge in [-0.15, -0.1) is 0 Å². The second kappa shape index (κ2) is 9.26. The summed E-state index contributed by atoms with van der Waals surface area (Å²) < 4.78 is 7.14. The number of rotatable bonds is 8. The summed E-state index contributed by atoms with van der Waals surface area (Å²) in [6.45, 7) is 0.146. The third-order valence-corrected chi connectivity index (χ3v) is 6.31. The molecule has 1 aromatic heterocycles. The molecular formula is C23H23N3O4S. The van der Waals surface area contributed by atoms with Gasteiger partial charge in [0.05, 0.1) is 5.69 Å². The highest BCUT2D eigenvalue weighted by Gasteiger charge is 2.29. The average Bonchev–Trinajstić information content (AvgIpc) is 3.32. The van der Waals surface area contributed by atoms with Crippen molar-refractivity contribution in [1.29, 1.82) is 0 Å². The topological polar surface area (TPSA) is 93.5 Å². The maximum Gasteiger partial charge on any atom is 0.407 e. The SMILES string of the molecule is Cn1ccc(CSCC(NC(=O)OCC2c3ccccc3-c3ccccc32)C(=O)O)n1. The molecule has 0 fully saturated rings. The molecule has 8 heteroatoms. The highest BCUT2D eigenvalue weighted by Crippen LogP contribution is 2.44. The third-order valence-electron chi connectivity index (χ3n) is 5.24. The van der Waals surface area contributed by atoms with Gasteiger partial charge in [-0.1, -0.05) is 48.5 Å². The van der Waals surface area contributed by atoms with Crippen LogP contribution in [0.4, 0.5) is 4.79 Å². The zero-order chi connectivity index (χ0) is 21.8. The van der Waals surface area contributed by atoms with E-state index in [4.69, 9.17) is 4.74 Å². The summed E-state index contributed by atoms with van der Waals surface area (Å²) in [4.78, 5) is 23.9. The van der Waals surface area contributed by atoms with E-state index in [-0.39, 0.29) is 18.3 Å². The Kier molecular flexibility index (Phi) is 6.27. The van der Waals surface area contributed by atoms with E-state index in [1.165, 1.54) is 11.8 Å². The summed E-state index contributed by atoms with van der Waals surface area (Å²) in [6.07, 6.45) is 1.10. The van der Waals surface area contributed by atoms with Crippen LogP contribution in [0, 0.1) is 0 Å². The van der Waals surface area contributed by atoms with Gasteiger partial charge in [-0.25, -0.2) is 9.59 Å². The Morgan fingerprint density at radius 3 is 2.35 bits per heavy atom. The number of aryl methyl sites for hydroxylation is 1. The van der Waals surface area contributed by atoms with Crippen molar-refractivity contribution in [2.24, 2.45) is 7.05 Å². The van der Waals surface area contributed by atoms with Crippen LogP contribution in [0.1, 0.15) is 22.7 Å². The fraction of sp³-hybridized carbons (Fsp3) is 0.261. The number of carbonyl (C=O) groups is 2. The number of aromatic nitrogens is 2. The molecule has 1 amide bonds. The van der Waals surface area contributed by atoms with Gasteiger partial charge in [0.2, 0.25) is 0 Å². The number of carboxylic acid groups (broad SMARTS) is 1. The first kappa shape index (κ1) is 21.0. The Morgan fingerprint density at radius 2 is 1.77 bits per heavy atom. The maximum absolute atomic E-state index is 12.4. The molecule has 7 nitrogen and oxygen atoms in total. The number of nitrogens with zero attached hydrogens (tertiary/aromatic N) is 2. The lowest BCUT2D eigenvalue weighted by molar-refractivity contribution is -0.138. The second-order valence-corrected chi connectivity index (χ2v) is 8.39. The number of hydrogen-bond donors (Lipinski definition) is 2. The van der Waals surface area contributed by atoms with E-state index in [0.717, 1.165) is 27.9 Å². The lowest BCUT2D eigenvalue weighted by atomic mass is 9.98. The number of thioether (sulfide) groups is 1. The zero-order valence-corrected chi connectivity index (χ0v) is 17.8. The largest absolute Gasteiger partial charge is 0.480 e. The molecule has 160 valence electrons. The van der Waals surface area contributed by atoms with E-state index in [1.54, 1.807) is 4.68 Å². The van der Waals surface area contributed by atoms with E-state index in [2.05, 4.69) is 22.5 Å². The van der Waals surface area contributed by atoms with Crippen molar-refractivity contribution in [2.75, 3.05) is 12.4 Å². The Balaban J connectivity index is 1.34. The smallest absolute Gasteiger partial charge is 0.407 e. The molecule has 2 N–H and O–H groups in total. The van der Waals surface area contributed by atoms with E-state index in [1.807, 2.05) is 55.7 Å². The van der Waals surface area contributed by atoms with Crippen LogP contribution in [0.5, 0.6) is 0 Å². The van der Waals surface area contributed by atoms with Crippen LogP contribution < -0.4 is 5.32 Å². The molecule has 0 saturated carbocycles. The van der Waals surface area contributed by atoms with Crippen LogP contribution in [0.15, 0.2) is 60.8 Å². The fourth-order valence-corrected chi connectivity index (χ4v) is 4.72. The summed E-state index contributed by atoms with van der Waals surface area (Å²) in [5.74, 6) is -0.380. The standard InChI is InChI=1S/C23H23N3O4S/c1-26-11-10-15(25-26)13-31-14-21(22(27)28)24-23(29)30-12-20-18-8-4-2-6-16(18)17-7-3-5-9-19(17)20/h2-11,20-21H,12-14H2,1H3,(H,24,29)(H,27,28). The summed E-state index contributed by atoms with van der Waals surface area (Å²) in [7, 11) is 1.83. The number of amides is 1. The van der Waals surface area contributed by atoms with Crippen molar-refractivity contribution in [3.8, 4) is 11.1 Å². The van der Waals surface area contributed by atoms with Gasteiger partial charge < -0.3 is 15.2 Å². The van der Waals surface area contributed by atoms with Crippen molar-refractivity contribution in [2.45, 2.75) is 17.7 Å². The van der Waals surface area contributed by atoms with E-state index in [0.29, 0.717) is 5.75 Å². The molecule has 0 spiro atoms. The van der Waals surface area contributed by atoms with Gasteiger partial charge in [-0.05, 0) is 28.3 Å². The molecule has 0 radical (unpaired) electrons. The Hall–Kier alpha value is -3.26. The van der Waals surface area contributed by atoms with Gasteiger partial charge >= 0.3 is 12.1 Å². The minimum absolute atomic E-state index is 0.0695. The fourth-order valence-electron chi connectivity index (χ4n) is 3.78. The molecule has 1 atom stereocenters. The molecule has 3 aromatic rings. The lowest BCUT2D eigenvalue weighted by Crippen LogP contribution is -2.43. The number of carbonyl (C=O) groups excluding carboxylic acids is 1. The summed E-state index contributed by atoms with van der Waals surface area (Å²) in [5.41, 5.74) is 5.36. The predicted molar refractivity (Wildman–Crippen MR) is 119 cm³/mol. The molecule has 1 aliphatic rings. The van der Waals surface area contributed by atoms with Crippen LogP contribution in [-0.2, 0) is 22.3 Å². The summed E-state index contributed by atoms with van der Waals surface area (Å²) in [6, 6.07) is 17.0. The normalized spacial score (nSPS) is 13.3. The molecule has 4 rings (SSSR count). The Labute approximate surface area is 184 Å². The first-order chi connectivity index (χ1) is 15.0. The van der Waals surface area contributed by atoms with Crippen LogP contribution in [-0.4, -0.2) is 45.4 Å². The molecule has 1 unspecified atom stereocenters. The minimum atomic E-state index is -1.10. The molecule has 31 heavy (non-hydrogen) atoms. The highest BCUT2D eigenvalue weighted by molar-refractivity contribution is 7.98. The lowest BCUT2D eigenvalue weighted by Gasteiger charge is -2.17. The molecule has 0 bridgehead atoms. The number of ether oxygens (including phenoxy) is 1. The summed E-state index contributed by atoms with van der Waals surface area (Å²) in [5, 5.41) is 16.2. The highest BCUT2D eigenvalue weighted by atomic mass is 32.2. The number of hydrogen-bond acceptors (Lipinski definition) is 5. The monoisotopic (exact) mass is 437 g/mol. The van der Waals surface area contributed by atoms with Crippen LogP contribution in [0.2, 0.25) is 0 Å². The molecule has 1 aliphatic carbocycles. The van der Waals surface area contributed by atoms with Crippen molar-refractivity contribution < 1.29 is 19.4 Å². The Bertz CT molecular complexity index is 1050. The average molecular weight is 438 g/mol. The molecule has 1 heterocycles. The predicted octanol–water partition coefficient (Wildman–Crippen LogP) is 3.65. The maximum atomic E-state index is 12.4.